The fourth-order valence-electron chi connectivity index (χ4n) is 3.04. The summed E-state index contributed by atoms with van der Waals surface area (Å²) >= 11 is 0. The van der Waals surface area contributed by atoms with Gasteiger partial charge in [0.2, 0.25) is 0 Å². The Morgan fingerprint density at radius 2 is 1.88 bits per heavy atom. The van der Waals surface area contributed by atoms with Gasteiger partial charge >= 0.3 is 0 Å². The number of rotatable bonds is 5. The molecule has 0 radical (unpaired) electrons. The van der Waals surface area contributed by atoms with Gasteiger partial charge in [-0.2, -0.15) is 0 Å². The number of phenols is 2. The van der Waals surface area contributed by atoms with E-state index in [1.54, 1.807) is 18.2 Å². The molecule has 1 heterocycles. The first kappa shape index (κ1) is 18.3. The second-order valence-electron chi connectivity index (χ2n) is 6.77. The number of aromatic hydroxyl groups is 2. The van der Waals surface area contributed by atoms with Crippen LogP contribution in [0.25, 0.3) is 6.08 Å². The predicted molar refractivity (Wildman–Crippen MR) is 99.4 cm³/mol. The van der Waals surface area contributed by atoms with E-state index < -0.39 is 5.79 Å². The summed E-state index contributed by atoms with van der Waals surface area (Å²) in [5, 5.41) is 19.3. The summed E-state index contributed by atoms with van der Waals surface area (Å²) in [6.07, 6.45) is 3.87. The van der Waals surface area contributed by atoms with Gasteiger partial charge in [-0.25, -0.2) is 0 Å². The third-order valence-corrected chi connectivity index (χ3v) is 4.41. The summed E-state index contributed by atoms with van der Waals surface area (Å²) < 4.78 is 17.0. The molecule has 2 N–H and O–H groups in total. The second kappa shape index (κ2) is 7.40. The highest BCUT2D eigenvalue weighted by Crippen LogP contribution is 2.37. The Hall–Kier alpha value is -2.50. The van der Waals surface area contributed by atoms with Crippen molar-refractivity contribution in [2.24, 2.45) is 0 Å². The molecule has 0 spiro atoms. The van der Waals surface area contributed by atoms with Gasteiger partial charge in [-0.1, -0.05) is 30.4 Å². The van der Waals surface area contributed by atoms with E-state index in [4.69, 9.17) is 14.2 Å². The summed E-state index contributed by atoms with van der Waals surface area (Å²) in [6, 6.07) is 12.3. The molecule has 1 saturated heterocycles. The van der Waals surface area contributed by atoms with Crippen molar-refractivity contribution in [2.45, 2.75) is 31.7 Å². The van der Waals surface area contributed by atoms with Crippen LogP contribution in [0.15, 0.2) is 48.5 Å². The summed E-state index contributed by atoms with van der Waals surface area (Å²) in [5.41, 5.74) is 1.93. The number of methoxy groups -OCH3 is 1. The molecule has 2 aromatic rings. The lowest BCUT2D eigenvalue weighted by Gasteiger charge is -2.23. The average molecular weight is 356 g/mol. The van der Waals surface area contributed by atoms with Crippen LogP contribution >= 0.6 is 0 Å². The molecule has 0 aliphatic carbocycles. The highest BCUT2D eigenvalue weighted by Gasteiger charge is 2.37. The Morgan fingerprint density at radius 3 is 2.50 bits per heavy atom. The Morgan fingerprint density at radius 1 is 1.15 bits per heavy atom. The van der Waals surface area contributed by atoms with Crippen molar-refractivity contribution in [1.29, 1.82) is 0 Å². The first-order chi connectivity index (χ1) is 12.4. The smallest absolute Gasteiger partial charge is 0.163 e. The fraction of sp³-hybridized carbons (Fsp3) is 0.333. The fourth-order valence-corrected chi connectivity index (χ4v) is 3.04. The van der Waals surface area contributed by atoms with E-state index in [1.165, 1.54) is 7.11 Å². The Bertz CT molecular complexity index is 779. The molecule has 2 unspecified atom stereocenters. The minimum atomic E-state index is -0.629. The van der Waals surface area contributed by atoms with E-state index in [9.17, 15) is 10.2 Å². The Labute approximate surface area is 153 Å². The van der Waals surface area contributed by atoms with Crippen LogP contribution in [0.3, 0.4) is 0 Å². The quantitative estimate of drug-likeness (QED) is 0.846. The second-order valence-corrected chi connectivity index (χ2v) is 6.77. The Balaban J connectivity index is 1.92. The normalized spacial score (nSPS) is 20.3. The molecule has 3 rings (SSSR count). The zero-order chi connectivity index (χ0) is 18.7. The highest BCUT2D eigenvalue weighted by molar-refractivity contribution is 5.53. The molecular formula is C21H24O5. The van der Waals surface area contributed by atoms with Crippen LogP contribution in [-0.2, 0) is 9.47 Å². The van der Waals surface area contributed by atoms with Crippen molar-refractivity contribution in [3.05, 3.63) is 59.7 Å². The van der Waals surface area contributed by atoms with Crippen LogP contribution in [0.2, 0.25) is 0 Å². The van der Waals surface area contributed by atoms with Gasteiger partial charge in [-0.15, -0.1) is 0 Å². The first-order valence-corrected chi connectivity index (χ1v) is 8.54. The van der Waals surface area contributed by atoms with Crippen molar-refractivity contribution < 1.29 is 24.4 Å². The summed E-state index contributed by atoms with van der Waals surface area (Å²) in [6.45, 7) is 4.26. The number of phenolic OH excluding ortho intramolecular Hbond substituents is 2. The monoisotopic (exact) mass is 356 g/mol. The van der Waals surface area contributed by atoms with Gasteiger partial charge in [0.1, 0.15) is 5.75 Å². The van der Waals surface area contributed by atoms with Crippen LogP contribution in [0.1, 0.15) is 30.9 Å². The predicted octanol–water partition coefficient (Wildman–Crippen LogP) is 4.05. The largest absolute Gasteiger partial charge is 0.508 e. The van der Waals surface area contributed by atoms with Gasteiger partial charge in [0.05, 0.1) is 19.8 Å². The summed E-state index contributed by atoms with van der Waals surface area (Å²) in [5.74, 6) is 0.0394. The van der Waals surface area contributed by atoms with Crippen molar-refractivity contribution in [3.8, 4) is 17.2 Å². The van der Waals surface area contributed by atoms with Gasteiger partial charge in [0.15, 0.2) is 17.3 Å². The SMILES string of the molecule is COc1cc(C(C=Cc2ccc(O)cc2)C2COC(C)(C)O2)ccc1O. The van der Waals surface area contributed by atoms with E-state index in [-0.39, 0.29) is 23.5 Å². The van der Waals surface area contributed by atoms with E-state index in [2.05, 4.69) is 0 Å². The molecule has 0 saturated carbocycles. The lowest BCUT2D eigenvalue weighted by atomic mass is 9.92. The van der Waals surface area contributed by atoms with Crippen LogP contribution in [-0.4, -0.2) is 35.8 Å². The standard InChI is InChI=1S/C21H24O5/c1-21(2)25-13-20(26-21)17(10-6-14-4-8-16(22)9-5-14)15-7-11-18(23)19(12-15)24-3/h4-12,17,20,22-23H,13H2,1-3H3. The molecule has 1 aliphatic heterocycles. The molecule has 5 heteroatoms. The number of hydrogen-bond acceptors (Lipinski definition) is 5. The molecule has 0 amide bonds. The highest BCUT2D eigenvalue weighted by atomic mass is 16.7. The third-order valence-electron chi connectivity index (χ3n) is 4.41. The van der Waals surface area contributed by atoms with Crippen molar-refractivity contribution in [3.63, 3.8) is 0 Å². The molecule has 26 heavy (non-hydrogen) atoms. The lowest BCUT2D eigenvalue weighted by molar-refractivity contribution is -0.139. The molecule has 5 nitrogen and oxygen atoms in total. The van der Waals surface area contributed by atoms with Crippen LogP contribution < -0.4 is 4.74 Å². The minimum absolute atomic E-state index is 0.0833. The van der Waals surface area contributed by atoms with Crippen LogP contribution in [0, 0.1) is 0 Å². The molecule has 0 aromatic heterocycles. The van der Waals surface area contributed by atoms with Crippen molar-refractivity contribution in [2.75, 3.05) is 13.7 Å². The summed E-state index contributed by atoms with van der Waals surface area (Å²) in [7, 11) is 1.53. The number of benzene rings is 2. The first-order valence-electron chi connectivity index (χ1n) is 8.54. The minimum Gasteiger partial charge on any atom is -0.508 e. The molecule has 2 aromatic carbocycles. The maximum Gasteiger partial charge on any atom is 0.163 e. The Kier molecular flexibility index (Phi) is 5.20. The molecule has 138 valence electrons. The number of ether oxygens (including phenoxy) is 3. The van der Waals surface area contributed by atoms with E-state index in [0.29, 0.717) is 12.4 Å². The molecular weight excluding hydrogens is 332 g/mol. The van der Waals surface area contributed by atoms with Crippen molar-refractivity contribution in [1.82, 2.24) is 0 Å². The zero-order valence-electron chi connectivity index (χ0n) is 15.2. The topological polar surface area (TPSA) is 68.2 Å². The van der Waals surface area contributed by atoms with Gasteiger partial charge in [0, 0.05) is 5.92 Å². The van der Waals surface area contributed by atoms with E-state index >= 15 is 0 Å². The molecule has 1 aliphatic rings. The zero-order valence-corrected chi connectivity index (χ0v) is 15.2. The third kappa shape index (κ3) is 4.18. The van der Waals surface area contributed by atoms with Crippen LogP contribution in [0.4, 0.5) is 0 Å². The van der Waals surface area contributed by atoms with Crippen molar-refractivity contribution >= 4 is 6.08 Å². The molecule has 0 bridgehead atoms. The van der Waals surface area contributed by atoms with E-state index in [1.807, 2.05) is 50.3 Å². The van der Waals surface area contributed by atoms with Gasteiger partial charge in [-0.05, 0) is 49.2 Å². The van der Waals surface area contributed by atoms with Gasteiger partial charge in [-0.3, -0.25) is 0 Å². The maximum atomic E-state index is 9.88. The molecule has 1 fully saturated rings. The summed E-state index contributed by atoms with van der Waals surface area (Å²) in [4.78, 5) is 0. The maximum absolute atomic E-state index is 9.88. The van der Waals surface area contributed by atoms with Crippen LogP contribution in [0.5, 0.6) is 17.2 Å². The van der Waals surface area contributed by atoms with Gasteiger partial charge in [0.25, 0.3) is 0 Å². The average Bonchev–Trinajstić information content (AvgIpc) is 2.97. The van der Waals surface area contributed by atoms with E-state index in [0.717, 1.165) is 11.1 Å². The van der Waals surface area contributed by atoms with Gasteiger partial charge < -0.3 is 24.4 Å². The lowest BCUT2D eigenvalue weighted by Crippen LogP contribution is -2.24. The number of hydrogen-bond donors (Lipinski definition) is 2. The molecule has 2 atom stereocenters.